The molecule has 0 heterocycles. The van der Waals surface area contributed by atoms with Gasteiger partial charge in [0, 0.05) is 100 Å². The number of benzene rings is 4. The number of ether oxygens (including phenoxy) is 1. The average molecular weight is 1070 g/mol. The third-order valence-electron chi connectivity index (χ3n) is 11.6. The fourth-order valence-corrected chi connectivity index (χ4v) is 7.59. The second-order valence-corrected chi connectivity index (χ2v) is 17.3. The van der Waals surface area contributed by atoms with E-state index in [1.807, 2.05) is 38.1 Å². The lowest BCUT2D eigenvalue weighted by molar-refractivity contribution is -0.388. The normalized spacial score (nSPS) is 10.4. The Labute approximate surface area is 445 Å². The summed E-state index contributed by atoms with van der Waals surface area (Å²) >= 11 is 6.02. The van der Waals surface area contributed by atoms with Crippen molar-refractivity contribution >= 4 is 51.4 Å². The Morgan fingerprint density at radius 2 is 0.907 bits per heavy atom. The Balaban J connectivity index is 0.000000502. The lowest BCUT2D eigenvalue weighted by Crippen LogP contribution is -2.28. The highest BCUT2D eigenvalue weighted by atomic mass is 35.5. The molecule has 4 aromatic rings. The van der Waals surface area contributed by atoms with Crippen molar-refractivity contribution in [2.75, 3.05) is 85.7 Å². The van der Waals surface area contributed by atoms with E-state index in [-0.39, 0.29) is 22.5 Å². The third-order valence-corrected chi connectivity index (χ3v) is 11.9. The summed E-state index contributed by atoms with van der Waals surface area (Å²) in [5.74, 6) is 0. The molecule has 0 aromatic heterocycles. The van der Waals surface area contributed by atoms with Gasteiger partial charge < -0.3 is 24.3 Å². The van der Waals surface area contributed by atoms with Crippen molar-refractivity contribution in [3.63, 3.8) is 0 Å². The van der Waals surface area contributed by atoms with Gasteiger partial charge in [-0.3, -0.25) is 30.3 Å². The van der Waals surface area contributed by atoms with E-state index in [0.29, 0.717) is 36.0 Å². The van der Waals surface area contributed by atoms with Gasteiger partial charge in [0.1, 0.15) is 34.9 Å². The van der Waals surface area contributed by atoms with Crippen molar-refractivity contribution in [1.82, 2.24) is 0 Å². The molecule has 0 saturated carbocycles. The summed E-state index contributed by atoms with van der Waals surface area (Å²) in [4.78, 5) is 38.7. The molecule has 0 aliphatic heterocycles. The van der Waals surface area contributed by atoms with Crippen LogP contribution in [0.1, 0.15) is 129 Å². The Bertz CT molecular complexity index is 2520. The number of alkyl halides is 3. The van der Waals surface area contributed by atoms with Crippen LogP contribution in [-0.2, 0) is 10.9 Å². The highest BCUT2D eigenvalue weighted by Crippen LogP contribution is 2.38. The lowest BCUT2D eigenvalue weighted by Gasteiger charge is -2.24. The van der Waals surface area contributed by atoms with Crippen LogP contribution in [0.2, 0.25) is 5.02 Å². The molecule has 21 heteroatoms. The maximum atomic E-state index is 12.9. The van der Waals surface area contributed by atoms with Crippen LogP contribution in [0, 0.1) is 64.3 Å². The van der Waals surface area contributed by atoms with Crippen LogP contribution in [0.5, 0.6) is 0 Å². The number of hydrogen-bond acceptors (Lipinski definition) is 14. The molecule has 0 fully saturated rings. The van der Waals surface area contributed by atoms with Crippen LogP contribution in [0.4, 0.5) is 53.0 Å². The van der Waals surface area contributed by atoms with Gasteiger partial charge in [0.05, 0.1) is 32.0 Å². The molecular weight excluding hydrogens is 993 g/mol. The monoisotopic (exact) mass is 1060 g/mol. The SMILES string of the molecule is CCCCN(CC)c1ccc(C#N)c(Cl)c1.CCCCN(CC)c1ccc(C#N)c([N+](=O)[O-])c1.CCCCN(CCCC)c1ccc([N+](=O)[O-])c(C#N)c1.CCCN(CCOC)c1ccc([N+](=O)[O-])c(C(F)(F)F)c1. The molecule has 0 bridgehead atoms. The summed E-state index contributed by atoms with van der Waals surface area (Å²) in [6, 6.07) is 24.1. The van der Waals surface area contributed by atoms with Gasteiger partial charge in [-0.25, -0.2) is 0 Å². The highest BCUT2D eigenvalue weighted by Gasteiger charge is 2.38. The first-order valence-corrected chi connectivity index (χ1v) is 25.6. The van der Waals surface area contributed by atoms with E-state index in [1.54, 1.807) is 29.2 Å². The summed E-state index contributed by atoms with van der Waals surface area (Å²) in [6.45, 7) is 21.4. The maximum Gasteiger partial charge on any atom is 0.423 e. The third kappa shape index (κ3) is 22.4. The van der Waals surface area contributed by atoms with Crippen molar-refractivity contribution in [3.8, 4) is 18.2 Å². The number of nitro groups is 3. The van der Waals surface area contributed by atoms with Crippen LogP contribution >= 0.6 is 11.6 Å². The Hall–Kier alpha value is -7.21. The molecule has 75 heavy (non-hydrogen) atoms. The topological polar surface area (TPSA) is 223 Å². The van der Waals surface area contributed by atoms with Gasteiger partial charge in [0.25, 0.3) is 17.1 Å². The van der Waals surface area contributed by atoms with Gasteiger partial charge in [0.15, 0.2) is 0 Å². The van der Waals surface area contributed by atoms with Gasteiger partial charge in [-0.1, -0.05) is 71.9 Å². The fourth-order valence-electron chi connectivity index (χ4n) is 7.38. The lowest BCUT2D eigenvalue weighted by atomic mass is 10.1. The summed E-state index contributed by atoms with van der Waals surface area (Å²) in [5, 5.41) is 59.7. The van der Waals surface area contributed by atoms with Crippen molar-refractivity contribution in [3.05, 3.63) is 130 Å². The first-order valence-electron chi connectivity index (χ1n) is 25.2. The van der Waals surface area contributed by atoms with Crippen molar-refractivity contribution in [2.24, 2.45) is 0 Å². The number of nitrogens with zero attached hydrogens (tertiary/aromatic N) is 10. The molecular formula is C54H72ClF3N10O7. The zero-order valence-electron chi connectivity index (χ0n) is 44.5. The first-order chi connectivity index (χ1) is 35.8. The number of anilines is 4. The molecule has 0 N–H and O–H groups in total. The number of rotatable bonds is 26. The van der Waals surface area contributed by atoms with E-state index >= 15 is 0 Å². The Kier molecular flexibility index (Phi) is 31.5. The number of unbranched alkanes of at least 4 members (excludes halogenated alkanes) is 4. The van der Waals surface area contributed by atoms with Gasteiger partial charge in [-0.2, -0.15) is 29.0 Å². The molecule has 0 aliphatic carbocycles. The molecule has 0 amide bonds. The van der Waals surface area contributed by atoms with Crippen LogP contribution in [0.25, 0.3) is 0 Å². The van der Waals surface area contributed by atoms with Gasteiger partial charge in [-0.05, 0) is 101 Å². The van der Waals surface area contributed by atoms with Crippen molar-refractivity contribution < 1.29 is 32.7 Å². The maximum absolute atomic E-state index is 12.9. The summed E-state index contributed by atoms with van der Waals surface area (Å²) in [5.41, 5.74) is 1.46. The molecule has 0 unspecified atom stereocenters. The molecule has 17 nitrogen and oxygen atoms in total. The van der Waals surface area contributed by atoms with Crippen LogP contribution in [0.15, 0.2) is 72.8 Å². The van der Waals surface area contributed by atoms with Crippen molar-refractivity contribution in [2.45, 2.75) is 112 Å². The number of hydrogen-bond donors (Lipinski definition) is 0. The van der Waals surface area contributed by atoms with E-state index < -0.39 is 32.2 Å². The van der Waals surface area contributed by atoms with Crippen LogP contribution in [-0.4, -0.2) is 80.8 Å². The summed E-state index contributed by atoms with van der Waals surface area (Å²) in [7, 11) is 1.50. The predicted octanol–water partition coefficient (Wildman–Crippen LogP) is 14.3. The molecule has 0 aliphatic rings. The van der Waals surface area contributed by atoms with Crippen molar-refractivity contribution in [1.29, 1.82) is 15.8 Å². The molecule has 408 valence electrons. The molecule has 0 saturated heterocycles. The van der Waals surface area contributed by atoms with E-state index in [9.17, 15) is 43.5 Å². The minimum Gasteiger partial charge on any atom is -0.383 e. The Morgan fingerprint density at radius 3 is 1.31 bits per heavy atom. The quantitative estimate of drug-likeness (QED) is 0.0421. The zero-order valence-corrected chi connectivity index (χ0v) is 45.3. The Morgan fingerprint density at radius 1 is 0.507 bits per heavy atom. The van der Waals surface area contributed by atoms with Gasteiger partial charge in [-0.15, -0.1) is 0 Å². The van der Waals surface area contributed by atoms with E-state index in [1.165, 1.54) is 44.2 Å². The number of nitro benzene ring substituents is 3. The second-order valence-electron chi connectivity index (χ2n) is 16.9. The second kappa shape index (κ2) is 35.9. The van der Waals surface area contributed by atoms with Crippen LogP contribution in [0.3, 0.4) is 0 Å². The largest absolute Gasteiger partial charge is 0.423 e. The number of methoxy groups -OCH3 is 1. The minimum absolute atomic E-state index is 0.107. The molecule has 0 radical (unpaired) electrons. The molecule has 0 spiro atoms. The first kappa shape index (κ1) is 65.8. The molecule has 0 atom stereocenters. The van der Waals surface area contributed by atoms with E-state index in [2.05, 4.69) is 55.4 Å². The average Bonchev–Trinajstić information content (AvgIpc) is 3.40. The fraction of sp³-hybridized carbons (Fsp3) is 0.500. The van der Waals surface area contributed by atoms with Gasteiger partial charge >= 0.3 is 6.18 Å². The number of halogens is 4. The summed E-state index contributed by atoms with van der Waals surface area (Å²) in [6.07, 6.45) is 4.79. The van der Waals surface area contributed by atoms with E-state index in [4.69, 9.17) is 32.1 Å². The summed E-state index contributed by atoms with van der Waals surface area (Å²) < 4.78 is 43.8. The molecule has 4 rings (SSSR count). The minimum atomic E-state index is -4.77. The zero-order chi connectivity index (χ0) is 56.5. The predicted molar refractivity (Wildman–Crippen MR) is 292 cm³/mol. The number of nitriles is 3. The van der Waals surface area contributed by atoms with Gasteiger partial charge in [0.2, 0.25) is 0 Å². The highest BCUT2D eigenvalue weighted by molar-refractivity contribution is 6.32. The van der Waals surface area contributed by atoms with Crippen LogP contribution < -0.4 is 19.6 Å². The smallest absolute Gasteiger partial charge is 0.383 e. The standard InChI is InChI=1S/C15H21N3O2.C13H17ClN2.C13H17F3N2O3.C13H17N3O2/c1-3-5-9-17(10-6-4-2)14-7-8-15(18(19)20)13(11-14)12-16;1-3-5-8-16(4-2)12-7-6-11(10-15)13(14)9-12;1-3-6-17(7-8-21-2)10-4-5-12(18(19)20)11(9-10)13(14,15)16;1-3-5-8-15(4-2)12-7-6-11(10-14)13(9-12)16(17)18/h7-8,11H,3-6,9-10H2,1-2H3;6-7,9H,3-5,8H2,1-2H3;4-5,9H,3,6-8H2,1-2H3;6-7,9H,3-5,8H2,1-2H3. The molecule has 4 aromatic carbocycles. The van der Waals surface area contributed by atoms with E-state index in [0.717, 1.165) is 113 Å².